The number of carbonyl (C=O) groups excluding carboxylic acids is 1. The van der Waals surface area contributed by atoms with Gasteiger partial charge in [0.15, 0.2) is 6.10 Å². The Morgan fingerprint density at radius 2 is 1.92 bits per heavy atom. The van der Waals surface area contributed by atoms with Crippen molar-refractivity contribution < 1.29 is 24.1 Å². The van der Waals surface area contributed by atoms with E-state index in [0.29, 0.717) is 48.4 Å². The SMILES string of the molecule is CC.Cc1c(F)cc2nc3c(c4c2c1CCC4(C)N1CCC(O)C1)Cn1c-3cc2c(c1=O)COC(=O)C2O. The van der Waals surface area contributed by atoms with Crippen molar-refractivity contribution in [3.63, 3.8) is 0 Å². The minimum absolute atomic E-state index is 0.180. The molecule has 2 aromatic heterocycles. The zero-order chi connectivity index (χ0) is 27.1. The number of aryl methyl sites for hydroxylation is 1. The van der Waals surface area contributed by atoms with Gasteiger partial charge in [-0.25, -0.2) is 14.2 Å². The van der Waals surface area contributed by atoms with Gasteiger partial charge < -0.3 is 19.5 Å². The number of aromatic nitrogens is 2. The molecule has 1 fully saturated rings. The standard InChI is InChI=1S/C27H26FN3O5.C2H6/c1-12-14-3-5-27(2,30-6-4-13(32)9-30)22-16-10-31-20(23(16)29-19(21(14)22)8-18(12)28)7-15-17(25(31)34)11-36-26(35)24(15)33;1-2/h7-8,13,24,32-33H,3-6,9-11H2,1-2H3;1-2H3. The van der Waals surface area contributed by atoms with E-state index in [0.717, 1.165) is 35.0 Å². The number of hydrogen-bond donors (Lipinski definition) is 2. The zero-order valence-electron chi connectivity index (χ0n) is 22.1. The Kier molecular flexibility index (Phi) is 5.75. The molecule has 3 aromatic rings. The minimum Gasteiger partial charge on any atom is -0.458 e. The molecular weight excluding hydrogens is 489 g/mol. The Balaban J connectivity index is 0.00000129. The fraction of sp³-hybridized carbons (Fsp3) is 0.483. The molecule has 5 heterocycles. The van der Waals surface area contributed by atoms with Crippen LogP contribution < -0.4 is 5.56 Å². The molecule has 0 radical (unpaired) electrons. The van der Waals surface area contributed by atoms with E-state index in [2.05, 4.69) is 11.8 Å². The van der Waals surface area contributed by atoms with Crippen LogP contribution in [-0.2, 0) is 34.6 Å². The normalized spacial score (nSPS) is 25.4. The van der Waals surface area contributed by atoms with Gasteiger partial charge in [-0.1, -0.05) is 13.8 Å². The summed E-state index contributed by atoms with van der Waals surface area (Å²) >= 11 is 0. The lowest BCUT2D eigenvalue weighted by Crippen LogP contribution is -2.45. The summed E-state index contributed by atoms with van der Waals surface area (Å²) in [5.74, 6) is -1.09. The first kappa shape index (κ1) is 25.2. The van der Waals surface area contributed by atoms with Crippen LogP contribution in [0.2, 0.25) is 0 Å². The van der Waals surface area contributed by atoms with Crippen LogP contribution in [0.3, 0.4) is 0 Å². The molecule has 3 unspecified atom stereocenters. The lowest BCUT2D eigenvalue weighted by atomic mass is 9.73. The van der Waals surface area contributed by atoms with Crippen LogP contribution in [0, 0.1) is 12.7 Å². The van der Waals surface area contributed by atoms with E-state index in [1.807, 2.05) is 13.8 Å². The highest BCUT2D eigenvalue weighted by atomic mass is 19.1. The van der Waals surface area contributed by atoms with E-state index >= 15 is 4.39 Å². The molecule has 7 rings (SSSR count). The van der Waals surface area contributed by atoms with Crippen LogP contribution in [-0.4, -0.2) is 49.8 Å². The fourth-order valence-corrected chi connectivity index (χ4v) is 6.84. The number of benzene rings is 1. The molecule has 9 heteroatoms. The van der Waals surface area contributed by atoms with Crippen molar-refractivity contribution in [2.45, 2.75) is 77.9 Å². The predicted molar refractivity (Wildman–Crippen MR) is 139 cm³/mol. The number of hydrogen-bond acceptors (Lipinski definition) is 7. The first-order chi connectivity index (χ1) is 18.2. The number of halogens is 1. The zero-order valence-corrected chi connectivity index (χ0v) is 22.1. The second-order valence-corrected chi connectivity index (χ2v) is 10.7. The van der Waals surface area contributed by atoms with Gasteiger partial charge in [0.05, 0.1) is 35.1 Å². The van der Waals surface area contributed by atoms with Gasteiger partial charge in [-0.05, 0) is 55.9 Å². The molecule has 0 bridgehead atoms. The number of rotatable bonds is 1. The number of likely N-dealkylation sites (tertiary alicyclic amines) is 1. The molecule has 200 valence electrons. The van der Waals surface area contributed by atoms with E-state index in [-0.39, 0.29) is 29.1 Å². The van der Waals surface area contributed by atoms with E-state index < -0.39 is 23.7 Å². The van der Waals surface area contributed by atoms with Gasteiger partial charge in [0.25, 0.3) is 5.56 Å². The highest BCUT2D eigenvalue weighted by Crippen LogP contribution is 2.50. The molecule has 4 aliphatic rings. The Labute approximate surface area is 219 Å². The van der Waals surface area contributed by atoms with Crippen molar-refractivity contribution >= 4 is 16.9 Å². The third kappa shape index (κ3) is 3.28. The average Bonchev–Trinajstić information content (AvgIpc) is 3.51. The van der Waals surface area contributed by atoms with E-state index in [9.17, 15) is 19.8 Å². The fourth-order valence-electron chi connectivity index (χ4n) is 6.84. The second-order valence-electron chi connectivity index (χ2n) is 10.7. The van der Waals surface area contributed by atoms with Crippen LogP contribution in [0.1, 0.15) is 73.1 Å². The Morgan fingerprint density at radius 1 is 1.16 bits per heavy atom. The Bertz CT molecular complexity index is 1580. The molecule has 3 atom stereocenters. The van der Waals surface area contributed by atoms with Gasteiger partial charge in [-0.2, -0.15) is 0 Å². The number of fused-ring (bicyclic) bond motifs is 5. The van der Waals surface area contributed by atoms with Gasteiger partial charge >= 0.3 is 5.97 Å². The van der Waals surface area contributed by atoms with Crippen LogP contribution in [0.25, 0.3) is 22.3 Å². The maximum absolute atomic E-state index is 15.0. The van der Waals surface area contributed by atoms with Gasteiger partial charge in [-0.15, -0.1) is 0 Å². The number of ether oxygens (including phenoxy) is 1. The molecule has 2 N–H and O–H groups in total. The molecular formula is C29H32FN3O5. The number of esters is 1. The number of aliphatic hydroxyl groups is 2. The van der Waals surface area contributed by atoms with Crippen LogP contribution in [0.4, 0.5) is 4.39 Å². The molecule has 0 amide bonds. The Hall–Kier alpha value is -3.14. The van der Waals surface area contributed by atoms with E-state index in [1.54, 1.807) is 17.6 Å². The summed E-state index contributed by atoms with van der Waals surface area (Å²) in [6.07, 6.45) is 0.224. The minimum atomic E-state index is -1.53. The van der Waals surface area contributed by atoms with Crippen molar-refractivity contribution in [2.75, 3.05) is 13.1 Å². The monoisotopic (exact) mass is 521 g/mol. The van der Waals surface area contributed by atoms with Crippen LogP contribution in [0.5, 0.6) is 0 Å². The summed E-state index contributed by atoms with van der Waals surface area (Å²) in [6, 6.07) is 3.12. The number of nitrogens with zero attached hydrogens (tertiary/aromatic N) is 3. The lowest BCUT2D eigenvalue weighted by Gasteiger charge is -2.44. The van der Waals surface area contributed by atoms with Gasteiger partial charge in [0.1, 0.15) is 12.4 Å². The first-order valence-corrected chi connectivity index (χ1v) is 13.4. The predicted octanol–water partition coefficient (Wildman–Crippen LogP) is 3.22. The molecule has 1 saturated heterocycles. The summed E-state index contributed by atoms with van der Waals surface area (Å²) in [7, 11) is 0. The van der Waals surface area contributed by atoms with Crippen molar-refractivity contribution in [1.82, 2.24) is 14.5 Å². The second kappa shape index (κ2) is 8.69. The number of cyclic esters (lactones) is 1. The molecule has 38 heavy (non-hydrogen) atoms. The van der Waals surface area contributed by atoms with Crippen molar-refractivity contribution in [3.8, 4) is 11.4 Å². The van der Waals surface area contributed by atoms with Gasteiger partial charge in [0, 0.05) is 41.2 Å². The summed E-state index contributed by atoms with van der Waals surface area (Å²) < 4.78 is 21.6. The highest BCUT2D eigenvalue weighted by molar-refractivity contribution is 5.93. The Morgan fingerprint density at radius 3 is 2.63 bits per heavy atom. The maximum Gasteiger partial charge on any atom is 0.340 e. The number of carbonyl (C=O) groups is 1. The van der Waals surface area contributed by atoms with E-state index in [4.69, 9.17) is 9.72 Å². The maximum atomic E-state index is 15.0. The summed E-state index contributed by atoms with van der Waals surface area (Å²) in [4.78, 5) is 32.7. The molecule has 3 aliphatic heterocycles. The lowest BCUT2D eigenvalue weighted by molar-refractivity contribution is -0.157. The quantitative estimate of drug-likeness (QED) is 0.371. The molecule has 0 saturated carbocycles. The molecule has 8 nitrogen and oxygen atoms in total. The third-order valence-electron chi connectivity index (χ3n) is 8.83. The van der Waals surface area contributed by atoms with Crippen molar-refractivity contribution in [1.29, 1.82) is 0 Å². The van der Waals surface area contributed by atoms with Crippen LogP contribution in [0.15, 0.2) is 16.9 Å². The molecule has 1 aromatic carbocycles. The van der Waals surface area contributed by atoms with Gasteiger partial charge in [-0.3, -0.25) is 9.69 Å². The van der Waals surface area contributed by atoms with Crippen LogP contribution >= 0.6 is 0 Å². The molecule has 0 spiro atoms. The van der Waals surface area contributed by atoms with Crippen molar-refractivity contribution in [2.24, 2.45) is 0 Å². The number of β-amino-alcohol motifs (C(OH)–C–C–N with tert-alkyl or cyclic N) is 1. The third-order valence-corrected chi connectivity index (χ3v) is 8.83. The largest absolute Gasteiger partial charge is 0.458 e. The van der Waals surface area contributed by atoms with Gasteiger partial charge in [0.2, 0.25) is 0 Å². The molecule has 1 aliphatic carbocycles. The van der Waals surface area contributed by atoms with Crippen molar-refractivity contribution in [3.05, 3.63) is 61.7 Å². The summed E-state index contributed by atoms with van der Waals surface area (Å²) in [5.41, 5.74) is 4.89. The number of pyridine rings is 2. The summed E-state index contributed by atoms with van der Waals surface area (Å²) in [5, 5.41) is 21.7. The highest BCUT2D eigenvalue weighted by Gasteiger charge is 2.45. The first-order valence-electron chi connectivity index (χ1n) is 13.4. The summed E-state index contributed by atoms with van der Waals surface area (Å²) in [6.45, 7) is 9.39. The smallest absolute Gasteiger partial charge is 0.340 e. The average molecular weight is 522 g/mol. The van der Waals surface area contributed by atoms with E-state index in [1.165, 1.54) is 6.07 Å². The number of aliphatic hydroxyl groups excluding tert-OH is 2. The topological polar surface area (TPSA) is 105 Å².